The van der Waals surface area contributed by atoms with Crippen LogP contribution >= 0.6 is 11.8 Å². The van der Waals surface area contributed by atoms with E-state index in [-0.39, 0.29) is 12.6 Å². The van der Waals surface area contributed by atoms with Gasteiger partial charge in [0.15, 0.2) is 11.0 Å². The number of carbonyl (C=O) groups excluding carboxylic acids is 1. The van der Waals surface area contributed by atoms with E-state index in [2.05, 4.69) is 10.2 Å². The van der Waals surface area contributed by atoms with Gasteiger partial charge in [0, 0.05) is 18.4 Å². The number of aromatic nitrogens is 3. The predicted octanol–water partition coefficient (Wildman–Crippen LogP) is 3.20. The van der Waals surface area contributed by atoms with Gasteiger partial charge in [-0.25, -0.2) is 4.79 Å². The first-order chi connectivity index (χ1) is 15.0. The molecule has 9 heteroatoms. The molecule has 164 valence electrons. The summed E-state index contributed by atoms with van der Waals surface area (Å²) in [5, 5.41) is 19.4. The lowest BCUT2D eigenvalue weighted by atomic mass is 10.2. The number of benzene rings is 2. The van der Waals surface area contributed by atoms with Gasteiger partial charge in [-0.3, -0.25) is 0 Å². The molecule has 3 rings (SSSR count). The Morgan fingerprint density at radius 3 is 2.42 bits per heavy atom. The summed E-state index contributed by atoms with van der Waals surface area (Å²) in [4.78, 5) is 11.7. The Balaban J connectivity index is 1.50. The Kier molecular flexibility index (Phi) is 7.91. The third-order valence-corrected chi connectivity index (χ3v) is 5.56. The van der Waals surface area contributed by atoms with Crippen LogP contribution in [0.3, 0.4) is 0 Å². The molecule has 0 aliphatic rings. The summed E-state index contributed by atoms with van der Waals surface area (Å²) in [5.74, 6) is 2.10. The maximum Gasteiger partial charge on any atom is 0.338 e. The molecule has 1 unspecified atom stereocenters. The van der Waals surface area contributed by atoms with E-state index in [9.17, 15) is 9.90 Å². The average Bonchev–Trinajstić information content (AvgIpc) is 3.17. The van der Waals surface area contributed by atoms with Crippen LogP contribution in [0.15, 0.2) is 53.7 Å². The molecule has 1 atom stereocenters. The van der Waals surface area contributed by atoms with Gasteiger partial charge >= 0.3 is 5.97 Å². The number of aliphatic hydroxyl groups excluding tert-OH is 1. The molecule has 1 aromatic heterocycles. The smallest absolute Gasteiger partial charge is 0.338 e. The second-order valence-corrected chi connectivity index (χ2v) is 7.60. The minimum absolute atomic E-state index is 0.120. The number of hydrogen-bond donors (Lipinski definition) is 1. The van der Waals surface area contributed by atoms with Crippen molar-refractivity contribution in [2.24, 2.45) is 7.05 Å². The molecule has 3 aromatic rings. The molecular formula is C22H25N3O5S. The number of carbonyl (C=O) groups is 1. The molecule has 0 bridgehead atoms. The van der Waals surface area contributed by atoms with Gasteiger partial charge < -0.3 is 23.9 Å². The molecule has 31 heavy (non-hydrogen) atoms. The molecule has 0 saturated heterocycles. The first-order valence-corrected chi connectivity index (χ1v) is 10.7. The molecule has 2 aromatic carbocycles. The highest BCUT2D eigenvalue weighted by Gasteiger charge is 2.14. The summed E-state index contributed by atoms with van der Waals surface area (Å²) in [7, 11) is 3.51. The molecule has 0 radical (unpaired) electrons. The van der Waals surface area contributed by atoms with Gasteiger partial charge in [0.1, 0.15) is 18.1 Å². The normalized spacial score (nSPS) is 11.7. The Hall–Kier alpha value is -3.04. The lowest BCUT2D eigenvalue weighted by Crippen LogP contribution is -2.20. The third kappa shape index (κ3) is 5.99. The van der Waals surface area contributed by atoms with Gasteiger partial charge in [0.05, 0.1) is 25.4 Å². The number of nitrogens with zero attached hydrogens (tertiary/aromatic N) is 3. The number of thioether (sulfide) groups is 1. The molecule has 0 saturated carbocycles. The van der Waals surface area contributed by atoms with Crippen molar-refractivity contribution in [3.8, 4) is 22.9 Å². The van der Waals surface area contributed by atoms with Gasteiger partial charge in [0.25, 0.3) is 0 Å². The van der Waals surface area contributed by atoms with E-state index in [1.807, 2.05) is 35.9 Å². The molecular weight excluding hydrogens is 418 g/mol. The van der Waals surface area contributed by atoms with Crippen molar-refractivity contribution in [2.75, 3.05) is 26.1 Å². The molecule has 1 heterocycles. The van der Waals surface area contributed by atoms with Crippen LogP contribution in [-0.4, -0.2) is 58.0 Å². The minimum atomic E-state index is -0.698. The summed E-state index contributed by atoms with van der Waals surface area (Å²) in [6.45, 7) is 2.21. The lowest BCUT2D eigenvalue weighted by Gasteiger charge is -2.12. The zero-order valence-electron chi connectivity index (χ0n) is 17.6. The van der Waals surface area contributed by atoms with Crippen molar-refractivity contribution >= 4 is 17.7 Å². The van der Waals surface area contributed by atoms with Crippen molar-refractivity contribution in [1.29, 1.82) is 0 Å². The summed E-state index contributed by atoms with van der Waals surface area (Å²) >= 11 is 1.40. The number of aliphatic hydroxyl groups is 1. The summed E-state index contributed by atoms with van der Waals surface area (Å²) < 4.78 is 17.6. The maximum atomic E-state index is 11.7. The first-order valence-electron chi connectivity index (χ1n) is 9.76. The molecule has 0 aliphatic carbocycles. The van der Waals surface area contributed by atoms with Gasteiger partial charge in [-0.05, 0) is 55.5 Å². The van der Waals surface area contributed by atoms with Crippen molar-refractivity contribution in [3.05, 3.63) is 54.1 Å². The van der Waals surface area contributed by atoms with Gasteiger partial charge in [-0.1, -0.05) is 11.8 Å². The molecule has 1 N–H and O–H groups in total. The first kappa shape index (κ1) is 22.6. The number of hydrogen-bond acceptors (Lipinski definition) is 8. The highest BCUT2D eigenvalue weighted by molar-refractivity contribution is 7.99. The third-order valence-electron chi connectivity index (χ3n) is 4.40. The molecule has 0 aliphatic heterocycles. The number of rotatable bonds is 10. The van der Waals surface area contributed by atoms with Crippen molar-refractivity contribution in [1.82, 2.24) is 14.8 Å². The van der Waals surface area contributed by atoms with Crippen LogP contribution in [0.25, 0.3) is 11.4 Å². The lowest BCUT2D eigenvalue weighted by molar-refractivity contribution is 0.0526. The zero-order valence-corrected chi connectivity index (χ0v) is 18.5. The van der Waals surface area contributed by atoms with Crippen LogP contribution in [-0.2, 0) is 11.8 Å². The van der Waals surface area contributed by atoms with Crippen LogP contribution in [0.2, 0.25) is 0 Å². The standard InChI is InChI=1S/C22H25N3O5S/c1-4-29-21(27)16-7-11-19(12-8-16)30-13-17(26)14-31-22-24-23-20(25(22)2)15-5-9-18(28-3)10-6-15/h5-12,17,26H,4,13-14H2,1-3H3. The molecule has 0 fully saturated rings. The quantitative estimate of drug-likeness (QED) is 0.377. The van der Waals surface area contributed by atoms with E-state index >= 15 is 0 Å². The minimum Gasteiger partial charge on any atom is -0.497 e. The number of esters is 1. The van der Waals surface area contributed by atoms with Gasteiger partial charge in [-0.2, -0.15) is 0 Å². The van der Waals surface area contributed by atoms with Crippen LogP contribution in [0.5, 0.6) is 11.5 Å². The fraction of sp³-hybridized carbons (Fsp3) is 0.318. The Morgan fingerprint density at radius 2 is 1.77 bits per heavy atom. The Labute approximate surface area is 185 Å². The SMILES string of the molecule is CCOC(=O)c1ccc(OCC(O)CSc2nnc(-c3ccc(OC)cc3)n2C)cc1. The molecule has 8 nitrogen and oxygen atoms in total. The molecule has 0 spiro atoms. The van der Waals surface area contributed by atoms with Crippen LogP contribution in [0.1, 0.15) is 17.3 Å². The second-order valence-electron chi connectivity index (χ2n) is 6.61. The fourth-order valence-corrected chi connectivity index (χ4v) is 3.56. The van der Waals surface area contributed by atoms with Crippen LogP contribution in [0.4, 0.5) is 0 Å². The zero-order chi connectivity index (χ0) is 22.2. The van der Waals surface area contributed by atoms with Crippen LogP contribution in [0, 0.1) is 0 Å². The Morgan fingerprint density at radius 1 is 1.10 bits per heavy atom. The van der Waals surface area contributed by atoms with E-state index < -0.39 is 6.10 Å². The topological polar surface area (TPSA) is 95.7 Å². The summed E-state index contributed by atoms with van der Waals surface area (Å²) in [5.41, 5.74) is 1.39. The maximum absolute atomic E-state index is 11.7. The van der Waals surface area contributed by atoms with E-state index in [4.69, 9.17) is 14.2 Å². The summed E-state index contributed by atoms with van der Waals surface area (Å²) in [6.07, 6.45) is -0.698. The van der Waals surface area contributed by atoms with Crippen molar-refractivity contribution < 1.29 is 24.1 Å². The van der Waals surface area contributed by atoms with E-state index in [0.29, 0.717) is 28.8 Å². The van der Waals surface area contributed by atoms with E-state index in [0.717, 1.165) is 17.1 Å². The fourth-order valence-electron chi connectivity index (χ4n) is 2.74. The summed E-state index contributed by atoms with van der Waals surface area (Å²) in [6, 6.07) is 14.2. The largest absolute Gasteiger partial charge is 0.497 e. The highest BCUT2D eigenvalue weighted by Crippen LogP contribution is 2.25. The molecule has 0 amide bonds. The second kappa shape index (κ2) is 10.8. The monoisotopic (exact) mass is 443 g/mol. The van der Waals surface area contributed by atoms with E-state index in [1.165, 1.54) is 11.8 Å². The van der Waals surface area contributed by atoms with Crippen LogP contribution < -0.4 is 9.47 Å². The average molecular weight is 444 g/mol. The Bertz CT molecular complexity index is 989. The number of methoxy groups -OCH3 is 1. The van der Waals surface area contributed by atoms with Gasteiger partial charge in [0.2, 0.25) is 0 Å². The highest BCUT2D eigenvalue weighted by atomic mass is 32.2. The predicted molar refractivity (Wildman–Crippen MR) is 118 cm³/mol. The van der Waals surface area contributed by atoms with Crippen molar-refractivity contribution in [2.45, 2.75) is 18.2 Å². The van der Waals surface area contributed by atoms with Gasteiger partial charge in [-0.15, -0.1) is 10.2 Å². The van der Waals surface area contributed by atoms with Crippen molar-refractivity contribution in [3.63, 3.8) is 0 Å². The number of ether oxygens (including phenoxy) is 3. The van der Waals surface area contributed by atoms with E-state index in [1.54, 1.807) is 38.3 Å².